The molecule has 0 spiro atoms. The lowest BCUT2D eigenvalue weighted by molar-refractivity contribution is 0.101. The number of aromatic nitrogens is 1. The van der Waals surface area contributed by atoms with Crippen LogP contribution in [0.2, 0.25) is 0 Å². The Bertz CT molecular complexity index is 799. The third kappa shape index (κ3) is 2.90. The highest BCUT2D eigenvalue weighted by Crippen LogP contribution is 2.23. The third-order valence-corrected chi connectivity index (χ3v) is 4.28. The molecule has 0 aliphatic heterocycles. The minimum Gasteiger partial charge on any atom is -0.268 e. The van der Waals surface area contributed by atoms with Gasteiger partial charge < -0.3 is 0 Å². The van der Waals surface area contributed by atoms with E-state index in [1.54, 1.807) is 9.31 Å². The molecule has 1 heterocycles. The SMILES string of the molecule is Cc1ccc(N(I)C(=O)c2ccc3ncccc3c2)cc1. The molecule has 0 unspecified atom stereocenters. The molecule has 3 rings (SSSR count). The summed E-state index contributed by atoms with van der Waals surface area (Å²) in [5.74, 6) is -0.0368. The molecule has 0 saturated heterocycles. The minimum absolute atomic E-state index is 0.0368. The van der Waals surface area contributed by atoms with Crippen molar-refractivity contribution in [3.63, 3.8) is 0 Å². The second-order valence-corrected chi connectivity index (χ2v) is 5.80. The van der Waals surface area contributed by atoms with E-state index in [0.717, 1.165) is 16.6 Å². The number of carbonyl (C=O) groups excluding carboxylic acids is 1. The van der Waals surface area contributed by atoms with Gasteiger partial charge in [0.15, 0.2) is 0 Å². The molecule has 0 N–H and O–H groups in total. The van der Waals surface area contributed by atoms with Crippen LogP contribution in [0.25, 0.3) is 10.9 Å². The molecule has 3 aromatic rings. The van der Waals surface area contributed by atoms with Crippen LogP contribution in [0, 0.1) is 6.92 Å². The number of hydrogen-bond acceptors (Lipinski definition) is 2. The number of rotatable bonds is 2. The van der Waals surface area contributed by atoms with Gasteiger partial charge in [0.25, 0.3) is 5.91 Å². The second-order valence-electron chi connectivity index (χ2n) is 4.83. The van der Waals surface area contributed by atoms with Crippen molar-refractivity contribution in [2.75, 3.05) is 3.11 Å². The van der Waals surface area contributed by atoms with E-state index < -0.39 is 0 Å². The Morgan fingerprint density at radius 2 is 1.86 bits per heavy atom. The van der Waals surface area contributed by atoms with Gasteiger partial charge in [-0.15, -0.1) is 0 Å². The maximum atomic E-state index is 12.6. The first-order valence-electron chi connectivity index (χ1n) is 6.57. The molecule has 104 valence electrons. The number of nitrogens with zero attached hydrogens (tertiary/aromatic N) is 2. The minimum atomic E-state index is -0.0368. The van der Waals surface area contributed by atoms with Gasteiger partial charge >= 0.3 is 0 Å². The number of anilines is 1. The summed E-state index contributed by atoms with van der Waals surface area (Å²) in [5.41, 5.74) is 3.60. The first-order valence-corrected chi connectivity index (χ1v) is 7.53. The Hall–Kier alpha value is -1.95. The number of benzene rings is 2. The Kier molecular flexibility index (Phi) is 3.88. The normalized spacial score (nSPS) is 10.6. The fourth-order valence-electron chi connectivity index (χ4n) is 2.11. The number of halogens is 1. The van der Waals surface area contributed by atoms with Crippen molar-refractivity contribution in [1.82, 2.24) is 4.98 Å². The highest BCUT2D eigenvalue weighted by molar-refractivity contribution is 14.1. The average molecular weight is 388 g/mol. The number of hydrogen-bond donors (Lipinski definition) is 0. The lowest BCUT2D eigenvalue weighted by atomic mass is 10.1. The Morgan fingerprint density at radius 1 is 1.10 bits per heavy atom. The predicted octanol–water partition coefficient (Wildman–Crippen LogP) is 4.54. The molecule has 3 nitrogen and oxygen atoms in total. The van der Waals surface area contributed by atoms with Crippen molar-refractivity contribution < 1.29 is 4.79 Å². The molecular formula is C17H13IN2O. The number of aryl methyl sites for hydroxylation is 1. The Balaban J connectivity index is 1.94. The van der Waals surface area contributed by atoms with Gasteiger partial charge in [-0.25, -0.2) is 3.11 Å². The molecule has 0 radical (unpaired) electrons. The van der Waals surface area contributed by atoms with Crippen LogP contribution in [0.5, 0.6) is 0 Å². The summed E-state index contributed by atoms with van der Waals surface area (Å²) in [5, 5.41) is 0.969. The Labute approximate surface area is 137 Å². The van der Waals surface area contributed by atoms with Crippen molar-refractivity contribution in [3.05, 3.63) is 71.9 Å². The van der Waals surface area contributed by atoms with Gasteiger partial charge in [-0.05, 0) is 43.3 Å². The summed E-state index contributed by atoms with van der Waals surface area (Å²) >= 11 is 2.04. The summed E-state index contributed by atoms with van der Waals surface area (Å²) in [7, 11) is 0. The number of fused-ring (bicyclic) bond motifs is 1. The van der Waals surface area contributed by atoms with Crippen LogP contribution in [0.4, 0.5) is 5.69 Å². The fourth-order valence-corrected chi connectivity index (χ4v) is 2.72. The number of carbonyl (C=O) groups is 1. The van der Waals surface area contributed by atoms with Crippen molar-refractivity contribution in [3.8, 4) is 0 Å². The van der Waals surface area contributed by atoms with Gasteiger partial charge in [0.05, 0.1) is 34.1 Å². The Morgan fingerprint density at radius 3 is 2.62 bits per heavy atom. The first-order chi connectivity index (χ1) is 10.1. The van der Waals surface area contributed by atoms with Crippen LogP contribution in [0.15, 0.2) is 60.8 Å². The summed E-state index contributed by atoms with van der Waals surface area (Å²) in [6.07, 6.45) is 1.75. The zero-order valence-corrected chi connectivity index (χ0v) is 13.6. The number of pyridine rings is 1. The first kappa shape index (κ1) is 14.0. The highest BCUT2D eigenvalue weighted by Gasteiger charge is 2.15. The van der Waals surface area contributed by atoms with Gasteiger partial charge in [-0.3, -0.25) is 9.78 Å². The van der Waals surface area contributed by atoms with E-state index in [0.29, 0.717) is 5.56 Å². The van der Waals surface area contributed by atoms with Gasteiger partial charge in [-0.2, -0.15) is 0 Å². The number of amides is 1. The van der Waals surface area contributed by atoms with Crippen LogP contribution < -0.4 is 3.11 Å². The highest BCUT2D eigenvalue weighted by atomic mass is 127. The molecule has 21 heavy (non-hydrogen) atoms. The molecule has 1 amide bonds. The summed E-state index contributed by atoms with van der Waals surface area (Å²) < 4.78 is 1.63. The van der Waals surface area contributed by atoms with E-state index in [1.165, 1.54) is 5.56 Å². The second kappa shape index (κ2) is 5.81. The van der Waals surface area contributed by atoms with Gasteiger partial charge in [-0.1, -0.05) is 23.8 Å². The molecular weight excluding hydrogens is 375 g/mol. The smallest absolute Gasteiger partial charge is 0.267 e. The van der Waals surface area contributed by atoms with Crippen LogP contribution >= 0.6 is 22.9 Å². The van der Waals surface area contributed by atoms with E-state index >= 15 is 0 Å². The lowest BCUT2D eigenvalue weighted by Gasteiger charge is -2.15. The van der Waals surface area contributed by atoms with E-state index in [2.05, 4.69) is 4.98 Å². The van der Waals surface area contributed by atoms with Crippen LogP contribution in [0.1, 0.15) is 15.9 Å². The average Bonchev–Trinajstić information content (AvgIpc) is 2.54. The maximum absolute atomic E-state index is 12.6. The monoisotopic (exact) mass is 388 g/mol. The summed E-state index contributed by atoms with van der Waals surface area (Å²) in [4.78, 5) is 16.8. The zero-order valence-electron chi connectivity index (χ0n) is 11.5. The topological polar surface area (TPSA) is 33.2 Å². The molecule has 4 heteroatoms. The van der Waals surface area contributed by atoms with Crippen molar-refractivity contribution in [1.29, 1.82) is 0 Å². The van der Waals surface area contributed by atoms with E-state index in [4.69, 9.17) is 0 Å². The standard InChI is InChI=1S/C17H13IN2O/c1-12-4-7-15(8-5-12)20(18)17(21)14-6-9-16-13(11-14)3-2-10-19-16/h2-11H,1H3. The van der Waals surface area contributed by atoms with Crippen LogP contribution in [0.3, 0.4) is 0 Å². The third-order valence-electron chi connectivity index (χ3n) is 3.29. The van der Waals surface area contributed by atoms with Gasteiger partial charge in [0, 0.05) is 17.1 Å². The lowest BCUT2D eigenvalue weighted by Crippen LogP contribution is -2.19. The fraction of sp³-hybridized carbons (Fsp3) is 0.0588. The molecule has 0 fully saturated rings. The molecule has 0 bridgehead atoms. The molecule has 0 aliphatic rings. The largest absolute Gasteiger partial charge is 0.268 e. The van der Waals surface area contributed by atoms with E-state index in [-0.39, 0.29) is 5.91 Å². The molecule has 0 saturated carbocycles. The predicted molar refractivity (Wildman–Crippen MR) is 93.8 cm³/mol. The molecule has 1 aromatic heterocycles. The van der Waals surface area contributed by atoms with Gasteiger partial charge in [0.2, 0.25) is 0 Å². The summed E-state index contributed by atoms with van der Waals surface area (Å²) in [6.45, 7) is 2.03. The van der Waals surface area contributed by atoms with Gasteiger partial charge in [0.1, 0.15) is 0 Å². The van der Waals surface area contributed by atoms with E-state index in [1.807, 2.05) is 84.4 Å². The van der Waals surface area contributed by atoms with Crippen LogP contribution in [-0.4, -0.2) is 10.9 Å². The zero-order chi connectivity index (χ0) is 14.8. The maximum Gasteiger partial charge on any atom is 0.267 e. The molecule has 0 atom stereocenters. The van der Waals surface area contributed by atoms with Crippen molar-refractivity contribution in [2.24, 2.45) is 0 Å². The van der Waals surface area contributed by atoms with Crippen molar-refractivity contribution in [2.45, 2.75) is 6.92 Å². The van der Waals surface area contributed by atoms with E-state index in [9.17, 15) is 4.79 Å². The molecule has 2 aromatic carbocycles. The quantitative estimate of drug-likeness (QED) is 0.477. The molecule has 0 aliphatic carbocycles. The van der Waals surface area contributed by atoms with Crippen molar-refractivity contribution >= 4 is 45.4 Å². The summed E-state index contributed by atoms with van der Waals surface area (Å²) in [6, 6.07) is 17.3. The van der Waals surface area contributed by atoms with Crippen LogP contribution in [-0.2, 0) is 0 Å².